The van der Waals surface area contributed by atoms with Crippen molar-refractivity contribution in [3.63, 3.8) is 0 Å². The summed E-state index contributed by atoms with van der Waals surface area (Å²) in [6.45, 7) is 16.6. The molecule has 0 aromatic heterocycles. The standard InChI is InChI=1S/C77H117N8O35P/c1-18-19-27-110-121(85(43(2)3)44(4)5)120-58-22-20-57(21-23-58)37-59(74(100)80-26-30-103-33-36-106-77-67(83-47(8)88)73(116-56(17)97)70(113-53(14)94)62(119-77)42-109-50(11)91)84(38-63(98)78-24-28-101-31-34-104-75-65(81-45(6)86)71(114-54(15)95)68(111-51(12)92)60(117-75)40-107-48(9)89)39-64(99)79-25-29-102-32-35-105-76-66(82-46(7)87)72(115-55(16)96)69(112-52(13)93)61(118-76)41-108-49(10)90/h1,20-23,43-44,59-62,65-73,75-77H,19,24-42H2,2-17H3,(H,78,98)(H,79,99)(H,80,100)(H,81,86)(H,82,87)(H,83,88). The van der Waals surface area contributed by atoms with Crippen LogP contribution < -0.4 is 36.4 Å². The van der Waals surface area contributed by atoms with Crippen molar-refractivity contribution in [3.8, 4) is 18.1 Å². The highest BCUT2D eigenvalue weighted by atomic mass is 31.2. The zero-order chi connectivity index (χ0) is 90.0. The van der Waals surface area contributed by atoms with Gasteiger partial charge in [0.2, 0.25) is 35.4 Å². The van der Waals surface area contributed by atoms with Gasteiger partial charge in [-0.1, -0.05) is 12.1 Å². The fourth-order valence-corrected chi connectivity index (χ4v) is 14.2. The van der Waals surface area contributed by atoms with Crippen molar-refractivity contribution in [1.82, 2.24) is 41.5 Å². The molecule has 4 rings (SSSR count). The Balaban J connectivity index is 1.65. The Kier molecular flexibility index (Phi) is 47.1. The number of carbonyl (C=O) groups is 15. The third-order valence-corrected chi connectivity index (χ3v) is 19.2. The predicted octanol–water partition coefficient (Wildman–Crippen LogP) is -0.919. The molecule has 0 aliphatic carbocycles. The van der Waals surface area contributed by atoms with Crippen LogP contribution in [0.5, 0.6) is 5.75 Å². The van der Waals surface area contributed by atoms with E-state index in [-0.39, 0.29) is 104 Å². The van der Waals surface area contributed by atoms with Crippen LogP contribution in [0.25, 0.3) is 0 Å². The van der Waals surface area contributed by atoms with Crippen LogP contribution in [0.2, 0.25) is 0 Å². The maximum atomic E-state index is 15.0. The maximum absolute atomic E-state index is 15.0. The third kappa shape index (κ3) is 39.1. The van der Waals surface area contributed by atoms with Crippen LogP contribution in [-0.4, -0.2) is 327 Å². The van der Waals surface area contributed by atoms with Crippen molar-refractivity contribution in [2.75, 3.05) is 119 Å². The van der Waals surface area contributed by atoms with Gasteiger partial charge in [0.05, 0.1) is 85.2 Å². The first kappa shape index (κ1) is 104. The lowest BCUT2D eigenvalue weighted by Gasteiger charge is -2.44. The van der Waals surface area contributed by atoms with E-state index >= 15 is 0 Å². The number of amides is 6. The topological polar surface area (TPSA) is 519 Å². The average molecular weight is 1750 g/mol. The molecule has 0 spiro atoms. The molecule has 1 aromatic rings. The van der Waals surface area contributed by atoms with Gasteiger partial charge < -0.3 is 126 Å². The van der Waals surface area contributed by atoms with Crippen molar-refractivity contribution in [2.45, 2.75) is 234 Å². The summed E-state index contributed by atoms with van der Waals surface area (Å²) < 4.78 is 117. The Bertz CT molecular complexity index is 3460. The zero-order valence-corrected chi connectivity index (χ0v) is 71.9. The summed E-state index contributed by atoms with van der Waals surface area (Å²) >= 11 is 0. The zero-order valence-electron chi connectivity index (χ0n) is 71.1. The van der Waals surface area contributed by atoms with Crippen LogP contribution in [0, 0.1) is 12.3 Å². The number of terminal acetylenes is 1. The van der Waals surface area contributed by atoms with Gasteiger partial charge in [0, 0.05) is 121 Å². The van der Waals surface area contributed by atoms with Crippen molar-refractivity contribution < 1.29 is 166 Å². The molecule has 3 saturated heterocycles. The number of rotatable bonds is 52. The highest BCUT2D eigenvalue weighted by Gasteiger charge is 2.55. The minimum absolute atomic E-state index is 0.0154. The first-order valence-electron chi connectivity index (χ1n) is 39.0. The van der Waals surface area contributed by atoms with Crippen molar-refractivity contribution in [1.29, 1.82) is 0 Å². The number of nitrogens with one attached hydrogen (secondary N) is 6. The van der Waals surface area contributed by atoms with Crippen molar-refractivity contribution in [2.24, 2.45) is 0 Å². The minimum atomic E-state index is -1.71. The Morgan fingerprint density at radius 1 is 0.421 bits per heavy atom. The largest absolute Gasteiger partial charge is 0.463 e. The van der Waals surface area contributed by atoms with E-state index in [1.54, 1.807) is 24.3 Å². The van der Waals surface area contributed by atoms with Crippen LogP contribution in [0.4, 0.5) is 0 Å². The number of benzene rings is 1. The summed E-state index contributed by atoms with van der Waals surface area (Å²) in [5, 5.41) is 16.1. The van der Waals surface area contributed by atoms with E-state index in [0.717, 1.165) is 62.3 Å². The normalized spacial score (nSPS) is 23.0. The van der Waals surface area contributed by atoms with Gasteiger partial charge in [0.15, 0.2) is 55.5 Å². The molecule has 6 N–H and O–H groups in total. The van der Waals surface area contributed by atoms with Gasteiger partial charge in [-0.2, -0.15) is 0 Å². The molecule has 121 heavy (non-hydrogen) atoms. The number of esters is 9. The van der Waals surface area contributed by atoms with E-state index in [4.69, 9.17) is 101 Å². The molecule has 0 radical (unpaired) electrons. The SMILES string of the molecule is C#CCCOP(Oc1ccc(CC(C(=O)NCCOCCOC2OC(COC(C)=O)C(OC(C)=O)C(OC(C)=O)C2NC(C)=O)N(CC(=O)NCCOCCOC2OC(COC(C)=O)C(OC(C)=O)C(OC(C)=O)C2NC(C)=O)CC(=O)NCCOCCOC2OC(COC(C)=O)C(OC(C)=O)C(OC(C)=O)C2NC(C)=O)cc1)N(C(C)C)C(C)C. The second kappa shape index (κ2) is 54.9. The smallest absolute Gasteiger partial charge is 0.321 e. The molecule has 3 aliphatic rings. The number of hydrogen-bond acceptors (Lipinski definition) is 37. The van der Waals surface area contributed by atoms with E-state index in [2.05, 4.69) is 42.5 Å². The summed E-state index contributed by atoms with van der Waals surface area (Å²) in [5.74, 6) is -8.00. The maximum Gasteiger partial charge on any atom is 0.321 e. The highest BCUT2D eigenvalue weighted by Crippen LogP contribution is 2.46. The predicted molar refractivity (Wildman–Crippen MR) is 416 cm³/mol. The molecule has 0 saturated carbocycles. The Morgan fingerprint density at radius 3 is 1.04 bits per heavy atom. The van der Waals surface area contributed by atoms with E-state index in [1.807, 2.05) is 27.7 Å². The summed E-state index contributed by atoms with van der Waals surface area (Å²) in [7, 11) is -1.71. The van der Waals surface area contributed by atoms with Crippen LogP contribution in [0.1, 0.15) is 123 Å². The van der Waals surface area contributed by atoms with Crippen LogP contribution in [0.15, 0.2) is 24.3 Å². The molecule has 3 aliphatic heterocycles. The van der Waals surface area contributed by atoms with Gasteiger partial charge >= 0.3 is 62.2 Å². The van der Waals surface area contributed by atoms with E-state index in [1.165, 1.54) is 25.7 Å². The van der Waals surface area contributed by atoms with Crippen molar-refractivity contribution >= 4 is 97.7 Å². The molecule has 3 heterocycles. The summed E-state index contributed by atoms with van der Waals surface area (Å²) in [6.07, 6.45) is -10.6. The fraction of sp³-hybridized carbons (Fsp3) is 0.701. The van der Waals surface area contributed by atoms with Gasteiger partial charge in [0.25, 0.3) is 0 Å². The summed E-state index contributed by atoms with van der Waals surface area (Å²) in [6, 6.07) is 1.53. The van der Waals surface area contributed by atoms with Gasteiger partial charge in [-0.05, 0) is 51.8 Å². The lowest BCUT2D eigenvalue weighted by atomic mass is 9.96. The summed E-state index contributed by atoms with van der Waals surface area (Å²) in [5.41, 5.74) is 0.522. The van der Waals surface area contributed by atoms with Gasteiger partial charge in [-0.25, -0.2) is 4.67 Å². The molecule has 3 fully saturated rings. The Labute approximate surface area is 703 Å². The van der Waals surface area contributed by atoms with Gasteiger partial charge in [0.1, 0.15) is 62.0 Å². The molecule has 1 aromatic carbocycles. The number of hydrogen-bond donors (Lipinski definition) is 6. The Morgan fingerprint density at radius 2 is 0.744 bits per heavy atom. The molecule has 17 unspecified atom stereocenters. The lowest BCUT2D eigenvalue weighted by Crippen LogP contribution is -2.66. The number of ether oxygens (including phenoxy) is 18. The highest BCUT2D eigenvalue weighted by molar-refractivity contribution is 7.45. The molecule has 17 atom stereocenters. The molecule has 680 valence electrons. The quantitative estimate of drug-likeness (QED) is 0.0151. The van der Waals surface area contributed by atoms with E-state index < -0.39 is 229 Å². The molecule has 0 bridgehead atoms. The molecule has 43 nitrogen and oxygen atoms in total. The van der Waals surface area contributed by atoms with E-state index in [9.17, 15) is 71.9 Å². The Hall–Kier alpha value is -9.42. The summed E-state index contributed by atoms with van der Waals surface area (Å²) in [4.78, 5) is 192. The number of carbonyl (C=O) groups excluding carboxylic acids is 15. The fourth-order valence-electron chi connectivity index (χ4n) is 12.6. The molecule has 44 heteroatoms. The molecular weight excluding hydrogens is 1630 g/mol. The second-order valence-electron chi connectivity index (χ2n) is 28.1. The third-order valence-electron chi connectivity index (χ3n) is 17.1. The van der Waals surface area contributed by atoms with Crippen LogP contribution >= 0.6 is 8.53 Å². The second-order valence-corrected chi connectivity index (χ2v) is 29.4. The van der Waals surface area contributed by atoms with Crippen molar-refractivity contribution in [3.05, 3.63) is 29.8 Å². The van der Waals surface area contributed by atoms with Gasteiger partial charge in [-0.15, -0.1) is 12.3 Å². The van der Waals surface area contributed by atoms with E-state index in [0.29, 0.717) is 17.7 Å². The first-order valence-corrected chi connectivity index (χ1v) is 40.2. The lowest BCUT2D eigenvalue weighted by molar-refractivity contribution is -0.279. The molecule has 6 amide bonds. The number of nitrogens with zero attached hydrogens (tertiary/aromatic N) is 2. The van der Waals surface area contributed by atoms with Gasteiger partial charge in [-0.3, -0.25) is 76.8 Å². The molecular formula is C77H117N8O35P. The average Bonchev–Trinajstić information content (AvgIpc) is 0.796. The monoisotopic (exact) mass is 1740 g/mol. The van der Waals surface area contributed by atoms with Crippen LogP contribution in [0.3, 0.4) is 0 Å². The first-order chi connectivity index (χ1) is 57.3. The minimum Gasteiger partial charge on any atom is -0.463 e. The van der Waals surface area contributed by atoms with Crippen LogP contribution in [-0.2, 0) is 168 Å².